The molecule has 90 valence electrons. The van der Waals surface area contributed by atoms with Crippen LogP contribution in [0.4, 0.5) is 5.69 Å². The lowest BCUT2D eigenvalue weighted by Crippen LogP contribution is -2.23. The van der Waals surface area contributed by atoms with Gasteiger partial charge in [0.05, 0.1) is 0 Å². The molecular weight excluding hydrogens is 290 g/mol. The molecule has 0 fully saturated rings. The Hall–Kier alpha value is -1.61. The third-order valence-electron chi connectivity index (χ3n) is 3.25. The average molecular weight is 302 g/mol. The van der Waals surface area contributed by atoms with E-state index in [4.69, 9.17) is 0 Å². The van der Waals surface area contributed by atoms with Crippen LogP contribution in [0, 0.1) is 0 Å². The molecule has 1 aliphatic heterocycles. The Morgan fingerprint density at radius 1 is 1.11 bits per heavy atom. The second kappa shape index (κ2) is 4.58. The standard InChI is InChI=1S/C15H12BrNO/c16-11-6-7-14-13(8-11)12(9-15(18)17-14)10-4-2-1-3-5-10/h1-8,12H,9H2,(H,17,18)/t12-/m0/s1. The normalized spacial score (nSPS) is 18.1. The minimum absolute atomic E-state index is 0.0821. The zero-order chi connectivity index (χ0) is 12.5. The van der Waals surface area contributed by atoms with Crippen LogP contribution >= 0.6 is 15.9 Å². The number of halogens is 1. The summed E-state index contributed by atoms with van der Waals surface area (Å²) in [6.07, 6.45) is 0.507. The Labute approximate surface area is 114 Å². The highest BCUT2D eigenvalue weighted by atomic mass is 79.9. The smallest absolute Gasteiger partial charge is 0.225 e. The molecule has 1 aliphatic rings. The van der Waals surface area contributed by atoms with Crippen molar-refractivity contribution in [3.63, 3.8) is 0 Å². The SMILES string of the molecule is O=C1C[C@@H](c2ccccc2)c2cc(Br)ccc2N1. The largest absolute Gasteiger partial charge is 0.326 e. The van der Waals surface area contributed by atoms with Crippen molar-refractivity contribution in [2.24, 2.45) is 0 Å². The molecule has 18 heavy (non-hydrogen) atoms. The van der Waals surface area contributed by atoms with Gasteiger partial charge in [0.1, 0.15) is 0 Å². The number of fused-ring (bicyclic) bond motifs is 1. The number of anilines is 1. The Morgan fingerprint density at radius 2 is 1.89 bits per heavy atom. The molecule has 0 saturated carbocycles. The molecule has 2 aromatic carbocycles. The summed E-state index contributed by atoms with van der Waals surface area (Å²) in [6.45, 7) is 0. The number of amides is 1. The van der Waals surface area contributed by atoms with Gasteiger partial charge in [-0.3, -0.25) is 4.79 Å². The highest BCUT2D eigenvalue weighted by molar-refractivity contribution is 9.10. The molecule has 1 N–H and O–H groups in total. The number of rotatable bonds is 1. The Bertz CT molecular complexity index is 595. The van der Waals surface area contributed by atoms with Gasteiger partial charge in [0.15, 0.2) is 0 Å². The van der Waals surface area contributed by atoms with E-state index in [2.05, 4.69) is 39.4 Å². The zero-order valence-electron chi connectivity index (χ0n) is 9.69. The molecule has 3 rings (SSSR count). The van der Waals surface area contributed by atoms with Crippen molar-refractivity contribution < 1.29 is 4.79 Å². The molecule has 0 saturated heterocycles. The molecule has 0 spiro atoms. The molecule has 0 radical (unpaired) electrons. The summed E-state index contributed by atoms with van der Waals surface area (Å²) < 4.78 is 1.04. The van der Waals surface area contributed by atoms with Gasteiger partial charge in [0, 0.05) is 22.5 Å². The van der Waals surface area contributed by atoms with Crippen LogP contribution in [-0.4, -0.2) is 5.91 Å². The Kier molecular flexibility index (Phi) is 2.92. The van der Waals surface area contributed by atoms with Crippen LogP contribution in [0.15, 0.2) is 53.0 Å². The molecule has 0 unspecified atom stereocenters. The molecule has 0 aromatic heterocycles. The summed E-state index contributed by atoms with van der Waals surface area (Å²) in [5.74, 6) is 0.228. The van der Waals surface area contributed by atoms with Crippen LogP contribution in [0.3, 0.4) is 0 Å². The maximum absolute atomic E-state index is 11.8. The van der Waals surface area contributed by atoms with Crippen molar-refractivity contribution in [1.82, 2.24) is 0 Å². The molecular formula is C15H12BrNO. The third-order valence-corrected chi connectivity index (χ3v) is 3.75. The van der Waals surface area contributed by atoms with Gasteiger partial charge >= 0.3 is 0 Å². The molecule has 1 heterocycles. The minimum Gasteiger partial charge on any atom is -0.326 e. The molecule has 2 aromatic rings. The predicted molar refractivity (Wildman–Crippen MR) is 75.7 cm³/mol. The van der Waals surface area contributed by atoms with E-state index < -0.39 is 0 Å². The van der Waals surface area contributed by atoms with Crippen molar-refractivity contribution in [3.8, 4) is 0 Å². The first-order chi connectivity index (χ1) is 8.74. The number of carbonyl (C=O) groups excluding carboxylic acids is 1. The lowest BCUT2D eigenvalue weighted by molar-refractivity contribution is -0.116. The van der Waals surface area contributed by atoms with Crippen molar-refractivity contribution in [2.75, 3.05) is 5.32 Å². The fraction of sp³-hybridized carbons (Fsp3) is 0.133. The first-order valence-electron chi connectivity index (χ1n) is 5.88. The maximum Gasteiger partial charge on any atom is 0.225 e. The van der Waals surface area contributed by atoms with Crippen molar-refractivity contribution in [3.05, 3.63) is 64.1 Å². The predicted octanol–water partition coefficient (Wildman–Crippen LogP) is 3.92. The summed E-state index contributed by atoms with van der Waals surface area (Å²) in [4.78, 5) is 11.8. The Balaban J connectivity index is 2.12. The van der Waals surface area contributed by atoms with Gasteiger partial charge in [-0.2, -0.15) is 0 Å². The van der Waals surface area contributed by atoms with Crippen LogP contribution in [0.1, 0.15) is 23.5 Å². The van der Waals surface area contributed by atoms with Crippen molar-refractivity contribution in [1.29, 1.82) is 0 Å². The molecule has 1 amide bonds. The molecule has 0 aliphatic carbocycles. The first-order valence-corrected chi connectivity index (χ1v) is 6.67. The lowest BCUT2D eigenvalue weighted by Gasteiger charge is -2.26. The summed E-state index contributed by atoms with van der Waals surface area (Å²) in [7, 11) is 0. The van der Waals surface area contributed by atoms with Gasteiger partial charge in [-0.05, 0) is 29.3 Å². The topological polar surface area (TPSA) is 29.1 Å². The zero-order valence-corrected chi connectivity index (χ0v) is 11.3. The van der Waals surface area contributed by atoms with E-state index in [1.165, 1.54) is 11.1 Å². The van der Waals surface area contributed by atoms with Crippen LogP contribution in [0.5, 0.6) is 0 Å². The Morgan fingerprint density at radius 3 is 2.67 bits per heavy atom. The van der Waals surface area contributed by atoms with Gasteiger partial charge < -0.3 is 5.32 Å². The molecule has 2 nitrogen and oxygen atoms in total. The number of hydrogen-bond acceptors (Lipinski definition) is 1. The lowest BCUT2D eigenvalue weighted by atomic mass is 9.85. The highest BCUT2D eigenvalue weighted by Gasteiger charge is 2.26. The van der Waals surface area contributed by atoms with Crippen molar-refractivity contribution >= 4 is 27.5 Å². The molecule has 1 atom stereocenters. The van der Waals surface area contributed by atoms with E-state index in [-0.39, 0.29) is 11.8 Å². The van der Waals surface area contributed by atoms with Crippen LogP contribution < -0.4 is 5.32 Å². The summed E-state index contributed by atoms with van der Waals surface area (Å²) in [5, 5.41) is 2.93. The summed E-state index contributed by atoms with van der Waals surface area (Å²) >= 11 is 3.49. The number of nitrogens with one attached hydrogen (secondary N) is 1. The quantitative estimate of drug-likeness (QED) is 0.850. The number of carbonyl (C=O) groups is 1. The minimum atomic E-state index is 0.0821. The number of benzene rings is 2. The van der Waals surface area contributed by atoms with Crippen LogP contribution in [0.2, 0.25) is 0 Å². The van der Waals surface area contributed by atoms with E-state index in [0.29, 0.717) is 6.42 Å². The van der Waals surface area contributed by atoms with Gasteiger partial charge in [-0.15, -0.1) is 0 Å². The second-order valence-corrected chi connectivity index (χ2v) is 5.36. The van der Waals surface area contributed by atoms with Gasteiger partial charge in [0.25, 0.3) is 0 Å². The van der Waals surface area contributed by atoms with E-state index in [0.717, 1.165) is 10.2 Å². The van der Waals surface area contributed by atoms with E-state index in [1.807, 2.05) is 30.3 Å². The van der Waals surface area contributed by atoms with E-state index in [1.54, 1.807) is 0 Å². The average Bonchev–Trinajstić information content (AvgIpc) is 2.39. The van der Waals surface area contributed by atoms with Crippen molar-refractivity contribution in [2.45, 2.75) is 12.3 Å². The molecule has 0 bridgehead atoms. The van der Waals surface area contributed by atoms with Crippen LogP contribution in [0.25, 0.3) is 0 Å². The fourth-order valence-electron chi connectivity index (χ4n) is 2.42. The second-order valence-electron chi connectivity index (χ2n) is 4.45. The highest BCUT2D eigenvalue weighted by Crippen LogP contribution is 2.38. The van der Waals surface area contributed by atoms with Gasteiger partial charge in [-0.1, -0.05) is 46.3 Å². The number of hydrogen-bond donors (Lipinski definition) is 1. The first kappa shape index (κ1) is 11.5. The third kappa shape index (κ3) is 2.06. The van der Waals surface area contributed by atoms with Gasteiger partial charge in [0.2, 0.25) is 5.91 Å². The van der Waals surface area contributed by atoms with Crippen LogP contribution in [-0.2, 0) is 4.79 Å². The van der Waals surface area contributed by atoms with E-state index in [9.17, 15) is 4.79 Å². The van der Waals surface area contributed by atoms with Gasteiger partial charge in [-0.25, -0.2) is 0 Å². The summed E-state index contributed by atoms with van der Waals surface area (Å²) in [5.41, 5.74) is 3.28. The molecule has 3 heteroatoms. The van der Waals surface area contributed by atoms with E-state index >= 15 is 0 Å². The monoisotopic (exact) mass is 301 g/mol. The summed E-state index contributed by atoms with van der Waals surface area (Å²) in [6, 6.07) is 16.2. The fourth-order valence-corrected chi connectivity index (χ4v) is 2.79. The maximum atomic E-state index is 11.8.